The lowest BCUT2D eigenvalue weighted by atomic mass is 10.0. The summed E-state index contributed by atoms with van der Waals surface area (Å²) in [6, 6.07) is 4.14. The number of hydrogen-bond acceptors (Lipinski definition) is 5. The highest BCUT2D eigenvalue weighted by atomic mass is 16.2. The highest BCUT2D eigenvalue weighted by molar-refractivity contribution is 5.91. The predicted molar refractivity (Wildman–Crippen MR) is 83.4 cm³/mol. The smallest absolute Gasteiger partial charge is 0.239 e. The molecule has 0 bridgehead atoms. The lowest BCUT2D eigenvalue weighted by Gasteiger charge is -2.15. The van der Waals surface area contributed by atoms with Crippen LogP contribution in [0.2, 0.25) is 0 Å². The SMILES string of the molecule is Cc1ccnc(C2CCN(CC(=O)Nc3cnccn3)C2)c1. The molecule has 2 aromatic rings. The van der Waals surface area contributed by atoms with E-state index < -0.39 is 0 Å². The predicted octanol–water partition coefficient (Wildman–Crippen LogP) is 1.61. The number of pyridine rings is 1. The van der Waals surface area contributed by atoms with Crippen LogP contribution in [0, 0.1) is 6.92 Å². The Labute approximate surface area is 129 Å². The molecule has 2 aromatic heterocycles. The van der Waals surface area contributed by atoms with E-state index in [2.05, 4.69) is 38.2 Å². The minimum Gasteiger partial charge on any atom is -0.308 e. The van der Waals surface area contributed by atoms with Crippen LogP contribution in [0.5, 0.6) is 0 Å². The van der Waals surface area contributed by atoms with Gasteiger partial charge >= 0.3 is 0 Å². The molecule has 0 saturated carbocycles. The van der Waals surface area contributed by atoms with Gasteiger partial charge < -0.3 is 5.32 Å². The second-order valence-electron chi connectivity index (χ2n) is 5.62. The van der Waals surface area contributed by atoms with Crippen molar-refractivity contribution in [2.24, 2.45) is 0 Å². The molecular weight excluding hydrogens is 278 g/mol. The largest absolute Gasteiger partial charge is 0.308 e. The van der Waals surface area contributed by atoms with Gasteiger partial charge in [0.2, 0.25) is 5.91 Å². The summed E-state index contributed by atoms with van der Waals surface area (Å²) in [5, 5.41) is 2.76. The fraction of sp³-hybridized carbons (Fsp3) is 0.375. The Morgan fingerprint density at radius 3 is 3.05 bits per heavy atom. The molecule has 3 heterocycles. The van der Waals surface area contributed by atoms with Gasteiger partial charge in [0, 0.05) is 36.7 Å². The molecule has 1 fully saturated rings. The zero-order chi connectivity index (χ0) is 15.4. The molecule has 0 aliphatic carbocycles. The summed E-state index contributed by atoms with van der Waals surface area (Å²) in [7, 11) is 0. The van der Waals surface area contributed by atoms with Gasteiger partial charge in [0.1, 0.15) is 0 Å². The fourth-order valence-corrected chi connectivity index (χ4v) is 2.75. The van der Waals surface area contributed by atoms with Gasteiger partial charge in [-0.2, -0.15) is 0 Å². The van der Waals surface area contributed by atoms with Crippen LogP contribution >= 0.6 is 0 Å². The highest BCUT2D eigenvalue weighted by Crippen LogP contribution is 2.25. The van der Waals surface area contributed by atoms with E-state index in [0.29, 0.717) is 18.3 Å². The summed E-state index contributed by atoms with van der Waals surface area (Å²) in [6.45, 7) is 4.23. The number of aryl methyl sites for hydroxylation is 1. The fourth-order valence-electron chi connectivity index (χ4n) is 2.75. The number of carbonyl (C=O) groups is 1. The van der Waals surface area contributed by atoms with Gasteiger partial charge in [0.15, 0.2) is 5.82 Å². The van der Waals surface area contributed by atoms with Crippen molar-refractivity contribution in [3.8, 4) is 0 Å². The van der Waals surface area contributed by atoms with Crippen molar-refractivity contribution in [2.45, 2.75) is 19.3 Å². The second-order valence-corrected chi connectivity index (χ2v) is 5.62. The first-order valence-electron chi connectivity index (χ1n) is 7.41. The number of amides is 1. The van der Waals surface area contributed by atoms with Crippen LogP contribution in [-0.2, 0) is 4.79 Å². The van der Waals surface area contributed by atoms with Gasteiger partial charge in [-0.3, -0.25) is 19.7 Å². The van der Waals surface area contributed by atoms with E-state index in [4.69, 9.17) is 0 Å². The maximum Gasteiger partial charge on any atom is 0.239 e. The summed E-state index contributed by atoms with van der Waals surface area (Å²) < 4.78 is 0. The normalized spacial score (nSPS) is 18.3. The molecule has 1 aliphatic heterocycles. The van der Waals surface area contributed by atoms with E-state index in [-0.39, 0.29) is 5.91 Å². The van der Waals surface area contributed by atoms with Gasteiger partial charge in [0.25, 0.3) is 0 Å². The van der Waals surface area contributed by atoms with Crippen molar-refractivity contribution < 1.29 is 4.79 Å². The van der Waals surface area contributed by atoms with Crippen LogP contribution in [0.3, 0.4) is 0 Å². The van der Waals surface area contributed by atoms with Gasteiger partial charge in [-0.25, -0.2) is 4.98 Å². The number of carbonyl (C=O) groups excluding carboxylic acids is 1. The molecule has 114 valence electrons. The first-order chi connectivity index (χ1) is 10.7. The van der Waals surface area contributed by atoms with Crippen molar-refractivity contribution in [3.05, 3.63) is 48.2 Å². The van der Waals surface area contributed by atoms with Crippen molar-refractivity contribution in [3.63, 3.8) is 0 Å². The van der Waals surface area contributed by atoms with Crippen LogP contribution < -0.4 is 5.32 Å². The van der Waals surface area contributed by atoms with Crippen LogP contribution in [0.15, 0.2) is 36.9 Å². The summed E-state index contributed by atoms with van der Waals surface area (Å²) >= 11 is 0. The number of anilines is 1. The van der Waals surface area contributed by atoms with Crippen LogP contribution in [0.25, 0.3) is 0 Å². The summed E-state index contributed by atoms with van der Waals surface area (Å²) in [5.41, 5.74) is 2.35. The van der Waals surface area contributed by atoms with Crippen molar-refractivity contribution in [1.29, 1.82) is 0 Å². The number of hydrogen-bond donors (Lipinski definition) is 1. The molecule has 1 saturated heterocycles. The van der Waals surface area contributed by atoms with Crippen molar-refractivity contribution in [2.75, 3.05) is 25.0 Å². The van der Waals surface area contributed by atoms with E-state index in [1.807, 2.05) is 12.3 Å². The minimum atomic E-state index is -0.0571. The molecule has 0 spiro atoms. The van der Waals surface area contributed by atoms with E-state index in [1.165, 1.54) is 5.56 Å². The summed E-state index contributed by atoms with van der Waals surface area (Å²) in [6.07, 6.45) is 7.57. The molecule has 1 unspecified atom stereocenters. The molecule has 1 amide bonds. The number of rotatable bonds is 4. The van der Waals surface area contributed by atoms with Gasteiger partial charge in [-0.1, -0.05) is 0 Å². The third-order valence-electron chi connectivity index (χ3n) is 3.83. The zero-order valence-electron chi connectivity index (χ0n) is 12.6. The molecular formula is C16H19N5O. The van der Waals surface area contributed by atoms with Crippen molar-refractivity contribution >= 4 is 11.7 Å². The molecule has 6 heteroatoms. The van der Waals surface area contributed by atoms with Crippen LogP contribution in [-0.4, -0.2) is 45.4 Å². The van der Waals surface area contributed by atoms with E-state index in [9.17, 15) is 4.79 Å². The first-order valence-corrected chi connectivity index (χ1v) is 7.41. The molecule has 1 N–H and O–H groups in total. The number of likely N-dealkylation sites (tertiary alicyclic amines) is 1. The Morgan fingerprint density at radius 2 is 2.27 bits per heavy atom. The molecule has 1 aliphatic rings. The maximum absolute atomic E-state index is 12.0. The average Bonchev–Trinajstić information content (AvgIpc) is 2.96. The van der Waals surface area contributed by atoms with E-state index in [1.54, 1.807) is 18.6 Å². The van der Waals surface area contributed by atoms with Gasteiger partial charge in [-0.05, 0) is 37.6 Å². The van der Waals surface area contributed by atoms with E-state index in [0.717, 1.165) is 25.2 Å². The first kappa shape index (κ1) is 14.6. The molecule has 22 heavy (non-hydrogen) atoms. The second kappa shape index (κ2) is 6.62. The third-order valence-corrected chi connectivity index (χ3v) is 3.83. The topological polar surface area (TPSA) is 71.0 Å². The number of nitrogens with zero attached hydrogens (tertiary/aromatic N) is 4. The average molecular weight is 297 g/mol. The Kier molecular flexibility index (Phi) is 4.39. The monoisotopic (exact) mass is 297 g/mol. The number of aromatic nitrogens is 3. The third kappa shape index (κ3) is 3.65. The number of nitrogens with one attached hydrogen (secondary N) is 1. The summed E-state index contributed by atoms with van der Waals surface area (Å²) in [5.74, 6) is 0.839. The Bertz CT molecular complexity index is 646. The molecule has 1 atom stereocenters. The standard InChI is InChI=1S/C16H19N5O/c1-12-2-4-18-14(8-12)13-3-7-21(10-13)11-16(22)20-15-9-17-5-6-19-15/h2,4-6,8-9,13H,3,7,10-11H2,1H3,(H,19,20,22). The van der Waals surface area contributed by atoms with Gasteiger partial charge in [-0.15, -0.1) is 0 Å². The summed E-state index contributed by atoms with van der Waals surface area (Å²) in [4.78, 5) is 26.6. The molecule has 0 radical (unpaired) electrons. The lowest BCUT2D eigenvalue weighted by Crippen LogP contribution is -2.31. The zero-order valence-corrected chi connectivity index (χ0v) is 12.6. The van der Waals surface area contributed by atoms with E-state index >= 15 is 0 Å². The Morgan fingerprint density at radius 1 is 1.36 bits per heavy atom. The van der Waals surface area contributed by atoms with Crippen LogP contribution in [0.4, 0.5) is 5.82 Å². The molecule has 6 nitrogen and oxygen atoms in total. The van der Waals surface area contributed by atoms with Gasteiger partial charge in [0.05, 0.1) is 12.7 Å². The Hall–Kier alpha value is -2.34. The lowest BCUT2D eigenvalue weighted by molar-refractivity contribution is -0.117. The highest BCUT2D eigenvalue weighted by Gasteiger charge is 2.26. The molecule has 0 aromatic carbocycles. The van der Waals surface area contributed by atoms with Crippen molar-refractivity contribution in [1.82, 2.24) is 19.9 Å². The Balaban J connectivity index is 1.54. The molecule has 3 rings (SSSR count). The minimum absolute atomic E-state index is 0.0571. The maximum atomic E-state index is 12.0. The van der Waals surface area contributed by atoms with Crippen LogP contribution in [0.1, 0.15) is 23.6 Å². The quantitative estimate of drug-likeness (QED) is 0.928.